The first-order valence-electron chi connectivity index (χ1n) is 7.66. The molecule has 21 heavy (non-hydrogen) atoms. The Bertz CT molecular complexity index is 604. The van der Waals surface area contributed by atoms with E-state index in [4.69, 9.17) is 4.74 Å². The lowest BCUT2D eigenvalue weighted by molar-refractivity contribution is -0.117. The summed E-state index contributed by atoms with van der Waals surface area (Å²) in [6.07, 6.45) is 5.68. The van der Waals surface area contributed by atoms with E-state index in [9.17, 15) is 9.18 Å². The Morgan fingerprint density at radius 2 is 2.14 bits per heavy atom. The van der Waals surface area contributed by atoms with Gasteiger partial charge >= 0.3 is 0 Å². The van der Waals surface area contributed by atoms with E-state index < -0.39 is 5.82 Å². The molecule has 0 radical (unpaired) electrons. The SMILES string of the molecule is COc1cc2c(cc1F)NC(=O)C1CC3CCCCC3N21. The molecule has 0 bridgehead atoms. The van der Waals surface area contributed by atoms with Gasteiger partial charge in [0, 0.05) is 18.2 Å². The second-order valence-electron chi connectivity index (χ2n) is 6.26. The minimum Gasteiger partial charge on any atom is -0.494 e. The average Bonchev–Trinajstić information content (AvgIpc) is 2.87. The molecule has 1 aromatic carbocycles. The summed E-state index contributed by atoms with van der Waals surface area (Å²) >= 11 is 0. The number of nitrogens with zero attached hydrogens (tertiary/aromatic N) is 1. The van der Waals surface area contributed by atoms with Crippen LogP contribution in [0.15, 0.2) is 12.1 Å². The maximum Gasteiger partial charge on any atom is 0.247 e. The van der Waals surface area contributed by atoms with E-state index in [0.29, 0.717) is 17.6 Å². The van der Waals surface area contributed by atoms with Crippen LogP contribution in [0.4, 0.5) is 15.8 Å². The highest BCUT2D eigenvalue weighted by atomic mass is 19.1. The lowest BCUT2D eigenvalue weighted by Crippen LogP contribution is -2.48. The van der Waals surface area contributed by atoms with Crippen LogP contribution in [0, 0.1) is 11.7 Å². The molecule has 2 heterocycles. The van der Waals surface area contributed by atoms with Gasteiger partial charge in [-0.3, -0.25) is 4.79 Å². The summed E-state index contributed by atoms with van der Waals surface area (Å²) < 4.78 is 19.0. The van der Waals surface area contributed by atoms with Crippen LogP contribution in [-0.2, 0) is 4.79 Å². The third kappa shape index (κ3) is 1.83. The second-order valence-corrected chi connectivity index (χ2v) is 6.26. The molecule has 1 saturated carbocycles. The highest BCUT2D eigenvalue weighted by Gasteiger charge is 2.48. The lowest BCUT2D eigenvalue weighted by atomic mass is 9.84. The third-order valence-corrected chi connectivity index (χ3v) is 5.20. The zero-order valence-electron chi connectivity index (χ0n) is 12.1. The lowest BCUT2D eigenvalue weighted by Gasteiger charge is -2.39. The molecule has 1 saturated heterocycles. The van der Waals surface area contributed by atoms with Crippen molar-refractivity contribution in [1.82, 2.24) is 0 Å². The van der Waals surface area contributed by atoms with E-state index in [-0.39, 0.29) is 17.7 Å². The van der Waals surface area contributed by atoms with Gasteiger partial charge in [-0.1, -0.05) is 12.8 Å². The number of ether oxygens (including phenoxy) is 1. The van der Waals surface area contributed by atoms with Crippen molar-refractivity contribution < 1.29 is 13.9 Å². The van der Waals surface area contributed by atoms with Crippen molar-refractivity contribution in [3.8, 4) is 5.75 Å². The van der Waals surface area contributed by atoms with Gasteiger partial charge in [-0.25, -0.2) is 4.39 Å². The largest absolute Gasteiger partial charge is 0.494 e. The highest BCUT2D eigenvalue weighted by Crippen LogP contribution is 2.48. The first kappa shape index (κ1) is 12.9. The predicted octanol–water partition coefficient (Wildman–Crippen LogP) is 2.92. The van der Waals surface area contributed by atoms with Crippen molar-refractivity contribution in [3.63, 3.8) is 0 Å². The fourth-order valence-corrected chi connectivity index (χ4v) is 4.27. The van der Waals surface area contributed by atoms with Crippen molar-refractivity contribution in [2.45, 2.75) is 44.2 Å². The maximum absolute atomic E-state index is 13.9. The molecule has 1 amide bonds. The number of hydrogen-bond donors (Lipinski definition) is 1. The zero-order valence-corrected chi connectivity index (χ0v) is 12.1. The van der Waals surface area contributed by atoms with Crippen LogP contribution in [0.5, 0.6) is 5.75 Å². The molecule has 0 spiro atoms. The minimum atomic E-state index is -0.436. The molecule has 1 aliphatic carbocycles. The van der Waals surface area contributed by atoms with Crippen LogP contribution < -0.4 is 15.0 Å². The number of fused-ring (bicyclic) bond motifs is 5. The second kappa shape index (κ2) is 4.61. The molecule has 1 aromatic rings. The normalized spacial score (nSPS) is 30.3. The number of halogens is 1. The monoisotopic (exact) mass is 290 g/mol. The first-order valence-corrected chi connectivity index (χ1v) is 7.66. The number of anilines is 2. The molecule has 5 heteroatoms. The standard InChI is InChI=1S/C16H19FN2O2/c1-21-15-8-13-11(7-10(15)17)18-16(20)14-6-9-4-2-3-5-12(9)19(13)14/h7-9,12,14H,2-6H2,1H3,(H,18,20). The van der Waals surface area contributed by atoms with Gasteiger partial charge in [-0.15, -0.1) is 0 Å². The molecule has 0 aromatic heterocycles. The van der Waals surface area contributed by atoms with E-state index in [2.05, 4.69) is 10.2 Å². The van der Waals surface area contributed by atoms with Crippen LogP contribution >= 0.6 is 0 Å². The molecular weight excluding hydrogens is 271 g/mol. The summed E-state index contributed by atoms with van der Waals surface area (Å²) in [5.41, 5.74) is 1.48. The average molecular weight is 290 g/mol. The number of nitrogens with one attached hydrogen (secondary N) is 1. The Labute approximate surface area is 123 Å². The van der Waals surface area contributed by atoms with Gasteiger partial charge in [0.15, 0.2) is 11.6 Å². The minimum absolute atomic E-state index is 0.00136. The first-order chi connectivity index (χ1) is 10.2. The number of methoxy groups -OCH3 is 1. The quantitative estimate of drug-likeness (QED) is 0.864. The third-order valence-electron chi connectivity index (χ3n) is 5.20. The van der Waals surface area contributed by atoms with Crippen LogP contribution in [0.2, 0.25) is 0 Å². The maximum atomic E-state index is 13.9. The Kier molecular flexibility index (Phi) is 2.84. The number of carbonyl (C=O) groups is 1. The van der Waals surface area contributed by atoms with Gasteiger partial charge in [0.05, 0.1) is 18.5 Å². The molecule has 3 aliphatic rings. The van der Waals surface area contributed by atoms with Crippen LogP contribution in [0.25, 0.3) is 0 Å². The highest BCUT2D eigenvalue weighted by molar-refractivity contribution is 6.04. The molecule has 4 nitrogen and oxygen atoms in total. The van der Waals surface area contributed by atoms with Crippen LogP contribution in [0.3, 0.4) is 0 Å². The summed E-state index contributed by atoms with van der Waals surface area (Å²) in [6, 6.07) is 3.40. The summed E-state index contributed by atoms with van der Waals surface area (Å²) in [7, 11) is 1.47. The Hall–Kier alpha value is -1.78. The Balaban J connectivity index is 1.82. The van der Waals surface area contributed by atoms with Crippen molar-refractivity contribution in [2.24, 2.45) is 5.92 Å². The van der Waals surface area contributed by atoms with Gasteiger partial charge in [-0.05, 0) is 25.2 Å². The number of hydrogen-bond acceptors (Lipinski definition) is 3. The van der Waals surface area contributed by atoms with Gasteiger partial charge < -0.3 is 15.0 Å². The van der Waals surface area contributed by atoms with Gasteiger partial charge in [0.1, 0.15) is 6.04 Å². The van der Waals surface area contributed by atoms with Crippen molar-refractivity contribution in [2.75, 3.05) is 17.3 Å². The summed E-state index contributed by atoms with van der Waals surface area (Å²) in [5.74, 6) is 0.385. The van der Waals surface area contributed by atoms with Crippen molar-refractivity contribution >= 4 is 17.3 Å². The Morgan fingerprint density at radius 3 is 2.95 bits per heavy atom. The van der Waals surface area contributed by atoms with Crippen LogP contribution in [-0.4, -0.2) is 25.1 Å². The van der Waals surface area contributed by atoms with Crippen molar-refractivity contribution in [3.05, 3.63) is 17.9 Å². The Morgan fingerprint density at radius 1 is 1.33 bits per heavy atom. The molecule has 1 N–H and O–H groups in total. The van der Waals surface area contributed by atoms with E-state index >= 15 is 0 Å². The van der Waals surface area contributed by atoms with E-state index in [0.717, 1.165) is 18.5 Å². The van der Waals surface area contributed by atoms with Crippen LogP contribution in [0.1, 0.15) is 32.1 Å². The van der Waals surface area contributed by atoms with E-state index in [1.165, 1.54) is 32.4 Å². The summed E-state index contributed by atoms with van der Waals surface area (Å²) in [4.78, 5) is 14.6. The molecule has 3 atom stereocenters. The predicted molar refractivity (Wildman–Crippen MR) is 78.2 cm³/mol. The van der Waals surface area contributed by atoms with E-state index in [1.54, 1.807) is 6.07 Å². The molecule has 4 rings (SSSR count). The number of amides is 1. The smallest absolute Gasteiger partial charge is 0.247 e. The topological polar surface area (TPSA) is 41.6 Å². The number of rotatable bonds is 1. The van der Waals surface area contributed by atoms with Crippen molar-refractivity contribution in [1.29, 1.82) is 0 Å². The van der Waals surface area contributed by atoms with Gasteiger partial charge in [0.2, 0.25) is 5.91 Å². The van der Waals surface area contributed by atoms with E-state index in [1.807, 2.05) is 0 Å². The number of carbonyl (C=O) groups excluding carboxylic acids is 1. The summed E-state index contributed by atoms with van der Waals surface area (Å²) in [5, 5.41) is 2.86. The molecule has 112 valence electrons. The van der Waals surface area contributed by atoms with Gasteiger partial charge in [-0.2, -0.15) is 0 Å². The zero-order chi connectivity index (χ0) is 14.6. The molecule has 2 fully saturated rings. The molecular formula is C16H19FN2O2. The number of benzene rings is 1. The molecule has 2 aliphatic heterocycles. The molecule has 3 unspecified atom stereocenters. The van der Waals surface area contributed by atoms with Gasteiger partial charge in [0.25, 0.3) is 0 Å². The summed E-state index contributed by atoms with van der Waals surface area (Å²) in [6.45, 7) is 0. The fraction of sp³-hybridized carbons (Fsp3) is 0.562. The fourth-order valence-electron chi connectivity index (χ4n) is 4.27.